The molecule has 2 rings (SSSR count). The number of rotatable bonds is 6. The average molecular weight is 314 g/mol. The quantitative estimate of drug-likeness (QED) is 0.834. The van der Waals surface area contributed by atoms with Crippen LogP contribution in [0.3, 0.4) is 0 Å². The summed E-state index contributed by atoms with van der Waals surface area (Å²) in [5, 5.41) is 2.92. The monoisotopic (exact) mass is 314 g/mol. The Labute approximate surface area is 136 Å². The van der Waals surface area contributed by atoms with Crippen LogP contribution in [0.5, 0.6) is 0 Å². The van der Waals surface area contributed by atoms with Crippen LogP contribution in [0.4, 0.5) is 0 Å². The fraction of sp³-hybridized carbons (Fsp3) is 0.333. The van der Waals surface area contributed by atoms with E-state index in [9.17, 15) is 9.59 Å². The summed E-state index contributed by atoms with van der Waals surface area (Å²) in [5.41, 5.74) is 1.42. The molecule has 1 heterocycles. The molecular weight excluding hydrogens is 292 g/mol. The highest BCUT2D eigenvalue weighted by Crippen LogP contribution is 2.18. The van der Waals surface area contributed by atoms with Crippen LogP contribution in [-0.4, -0.2) is 22.5 Å². The molecule has 1 N–H and O–H groups in total. The van der Waals surface area contributed by atoms with Crippen molar-refractivity contribution in [2.24, 2.45) is 7.05 Å². The molecule has 0 aliphatic carbocycles. The Kier molecular flexibility index (Phi) is 5.57. The van der Waals surface area contributed by atoms with E-state index >= 15 is 0 Å². The van der Waals surface area contributed by atoms with Crippen LogP contribution in [0.2, 0.25) is 0 Å². The Morgan fingerprint density at radius 1 is 1.13 bits per heavy atom. The van der Waals surface area contributed by atoms with Crippen molar-refractivity contribution >= 4 is 11.9 Å². The summed E-state index contributed by atoms with van der Waals surface area (Å²) in [6.07, 6.45) is 1.72. The fourth-order valence-corrected chi connectivity index (χ4v) is 2.34. The van der Waals surface area contributed by atoms with Gasteiger partial charge in [-0.1, -0.05) is 30.3 Å². The number of aromatic nitrogens is 1. The lowest BCUT2D eigenvalue weighted by Crippen LogP contribution is -2.32. The smallest absolute Gasteiger partial charge is 0.308 e. The minimum absolute atomic E-state index is 0.0956. The van der Waals surface area contributed by atoms with Crippen molar-refractivity contribution in [2.45, 2.75) is 32.4 Å². The lowest BCUT2D eigenvalue weighted by atomic mass is 10.0. The Balaban J connectivity index is 2.15. The standard InChI is InChI=1S/C18H22N2O3/c1-13(2)23-17(21)12-15(14-8-5-4-6-9-14)19-18(22)16-10-7-11-20(16)3/h4-11,13,15H,12H2,1-3H3,(H,19,22). The minimum atomic E-state index is -0.426. The maximum absolute atomic E-state index is 12.4. The zero-order valence-electron chi connectivity index (χ0n) is 13.7. The number of hydrogen-bond acceptors (Lipinski definition) is 3. The first kappa shape index (κ1) is 16.8. The van der Waals surface area contributed by atoms with Gasteiger partial charge in [0.05, 0.1) is 18.6 Å². The summed E-state index contributed by atoms with van der Waals surface area (Å²) in [6.45, 7) is 3.61. The van der Waals surface area contributed by atoms with Crippen LogP contribution in [0.25, 0.3) is 0 Å². The van der Waals surface area contributed by atoms with E-state index in [1.165, 1.54) is 0 Å². The molecular formula is C18H22N2O3. The zero-order valence-corrected chi connectivity index (χ0v) is 13.7. The van der Waals surface area contributed by atoms with Gasteiger partial charge in [-0.15, -0.1) is 0 Å². The number of esters is 1. The van der Waals surface area contributed by atoms with E-state index in [4.69, 9.17) is 4.74 Å². The maximum Gasteiger partial charge on any atom is 0.308 e. The highest BCUT2D eigenvalue weighted by molar-refractivity contribution is 5.93. The van der Waals surface area contributed by atoms with E-state index in [-0.39, 0.29) is 24.4 Å². The van der Waals surface area contributed by atoms with Gasteiger partial charge in [0.1, 0.15) is 5.69 Å². The van der Waals surface area contributed by atoms with Gasteiger partial charge in [0, 0.05) is 13.2 Å². The van der Waals surface area contributed by atoms with E-state index in [0.717, 1.165) is 5.56 Å². The summed E-state index contributed by atoms with van der Waals surface area (Å²) in [4.78, 5) is 24.4. The number of ether oxygens (including phenoxy) is 1. The molecule has 5 nitrogen and oxygen atoms in total. The molecule has 23 heavy (non-hydrogen) atoms. The summed E-state index contributed by atoms with van der Waals surface area (Å²) in [5.74, 6) is -0.551. The molecule has 0 saturated carbocycles. The molecule has 1 unspecified atom stereocenters. The predicted octanol–water partition coefficient (Wildman–Crippen LogP) is 2.84. The topological polar surface area (TPSA) is 60.3 Å². The van der Waals surface area contributed by atoms with Gasteiger partial charge in [0.25, 0.3) is 5.91 Å². The molecule has 0 radical (unpaired) electrons. The van der Waals surface area contributed by atoms with Gasteiger partial charge < -0.3 is 14.6 Å². The van der Waals surface area contributed by atoms with E-state index < -0.39 is 6.04 Å². The SMILES string of the molecule is CC(C)OC(=O)CC(NC(=O)c1cccn1C)c1ccccc1. The minimum Gasteiger partial charge on any atom is -0.463 e. The summed E-state index contributed by atoms with van der Waals surface area (Å²) in [7, 11) is 1.81. The van der Waals surface area contributed by atoms with Gasteiger partial charge in [0.2, 0.25) is 0 Å². The average Bonchev–Trinajstić information content (AvgIpc) is 2.93. The van der Waals surface area contributed by atoms with Crippen LogP contribution in [-0.2, 0) is 16.6 Å². The molecule has 0 bridgehead atoms. The molecule has 0 spiro atoms. The van der Waals surface area contributed by atoms with Gasteiger partial charge in [0.15, 0.2) is 0 Å². The van der Waals surface area contributed by atoms with Crippen LogP contribution in [0, 0.1) is 0 Å². The molecule has 0 aliphatic heterocycles. The summed E-state index contributed by atoms with van der Waals surface area (Å²) < 4.78 is 6.94. The molecule has 1 aromatic carbocycles. The number of carbonyl (C=O) groups is 2. The number of benzene rings is 1. The Morgan fingerprint density at radius 2 is 1.83 bits per heavy atom. The molecule has 122 valence electrons. The van der Waals surface area contributed by atoms with Crippen LogP contribution >= 0.6 is 0 Å². The Morgan fingerprint density at radius 3 is 2.39 bits per heavy atom. The second-order valence-corrected chi connectivity index (χ2v) is 5.68. The van der Waals surface area contributed by atoms with Gasteiger partial charge in [-0.2, -0.15) is 0 Å². The van der Waals surface area contributed by atoms with Gasteiger partial charge in [-0.25, -0.2) is 0 Å². The summed E-state index contributed by atoms with van der Waals surface area (Å²) in [6, 6.07) is 12.5. The third kappa shape index (κ3) is 4.71. The van der Waals surface area contributed by atoms with Gasteiger partial charge >= 0.3 is 5.97 Å². The summed E-state index contributed by atoms with van der Waals surface area (Å²) >= 11 is 0. The lowest BCUT2D eigenvalue weighted by Gasteiger charge is -2.19. The largest absolute Gasteiger partial charge is 0.463 e. The number of amides is 1. The molecule has 5 heteroatoms. The second-order valence-electron chi connectivity index (χ2n) is 5.68. The van der Waals surface area contributed by atoms with E-state index in [1.54, 1.807) is 43.8 Å². The number of nitrogens with zero attached hydrogens (tertiary/aromatic N) is 1. The first-order valence-electron chi connectivity index (χ1n) is 7.64. The van der Waals surface area contributed by atoms with Crippen molar-refractivity contribution in [1.29, 1.82) is 0 Å². The third-order valence-electron chi connectivity index (χ3n) is 3.42. The maximum atomic E-state index is 12.4. The van der Waals surface area contributed by atoms with E-state index in [0.29, 0.717) is 5.69 Å². The highest BCUT2D eigenvalue weighted by atomic mass is 16.5. The van der Waals surface area contributed by atoms with Crippen molar-refractivity contribution in [2.75, 3.05) is 0 Å². The van der Waals surface area contributed by atoms with Crippen LogP contribution in [0.1, 0.15) is 42.4 Å². The van der Waals surface area contributed by atoms with E-state index in [1.807, 2.05) is 30.3 Å². The Bertz CT molecular complexity index is 662. The van der Waals surface area contributed by atoms with Crippen molar-refractivity contribution in [3.63, 3.8) is 0 Å². The van der Waals surface area contributed by atoms with E-state index in [2.05, 4.69) is 5.32 Å². The zero-order chi connectivity index (χ0) is 16.8. The van der Waals surface area contributed by atoms with Crippen molar-refractivity contribution < 1.29 is 14.3 Å². The fourth-order valence-electron chi connectivity index (χ4n) is 2.34. The molecule has 0 saturated heterocycles. The first-order chi connectivity index (χ1) is 11.0. The molecule has 2 aromatic rings. The third-order valence-corrected chi connectivity index (χ3v) is 3.42. The van der Waals surface area contributed by atoms with Crippen molar-refractivity contribution in [1.82, 2.24) is 9.88 Å². The molecule has 0 aliphatic rings. The molecule has 1 aromatic heterocycles. The predicted molar refractivity (Wildman–Crippen MR) is 87.9 cm³/mol. The van der Waals surface area contributed by atoms with Crippen molar-refractivity contribution in [3.8, 4) is 0 Å². The highest BCUT2D eigenvalue weighted by Gasteiger charge is 2.21. The number of nitrogens with one attached hydrogen (secondary N) is 1. The molecule has 1 amide bonds. The second kappa shape index (κ2) is 7.63. The Hall–Kier alpha value is -2.56. The van der Waals surface area contributed by atoms with Crippen LogP contribution in [0.15, 0.2) is 48.7 Å². The normalized spacial score (nSPS) is 12.0. The first-order valence-corrected chi connectivity index (χ1v) is 7.64. The lowest BCUT2D eigenvalue weighted by molar-refractivity contribution is -0.147. The number of aryl methyl sites for hydroxylation is 1. The van der Waals surface area contributed by atoms with Crippen molar-refractivity contribution in [3.05, 3.63) is 59.9 Å². The van der Waals surface area contributed by atoms with Gasteiger partial charge in [-0.05, 0) is 31.5 Å². The molecule has 1 atom stereocenters. The van der Waals surface area contributed by atoms with Gasteiger partial charge in [-0.3, -0.25) is 9.59 Å². The number of hydrogen-bond donors (Lipinski definition) is 1. The number of carbonyl (C=O) groups excluding carboxylic acids is 2. The molecule has 0 fully saturated rings. The van der Waals surface area contributed by atoms with Crippen LogP contribution < -0.4 is 5.32 Å².